The molecule has 0 bridgehead atoms. The number of esters is 1. The van der Waals surface area contributed by atoms with Crippen LogP contribution in [0.1, 0.15) is 32.1 Å². The number of nitrogens with zero attached hydrogens (tertiary/aromatic N) is 1. The van der Waals surface area contributed by atoms with Gasteiger partial charge in [0.15, 0.2) is 0 Å². The maximum atomic E-state index is 12.6. The van der Waals surface area contributed by atoms with Crippen LogP contribution < -0.4 is 5.73 Å². The molecule has 2 aliphatic rings. The quantitative estimate of drug-likeness (QED) is 0.763. The van der Waals surface area contributed by atoms with Gasteiger partial charge in [0.2, 0.25) is 10.0 Å². The van der Waals surface area contributed by atoms with Crippen molar-refractivity contribution in [3.63, 3.8) is 0 Å². The van der Waals surface area contributed by atoms with E-state index in [2.05, 4.69) is 0 Å². The minimum absolute atomic E-state index is 0. The Balaban J connectivity index is 0.00000200. The van der Waals surface area contributed by atoms with Gasteiger partial charge in [-0.25, -0.2) is 12.7 Å². The highest BCUT2D eigenvalue weighted by atomic mass is 35.5. The summed E-state index contributed by atoms with van der Waals surface area (Å²) in [5.41, 5.74) is 5.77. The van der Waals surface area contributed by atoms with Gasteiger partial charge >= 0.3 is 5.97 Å². The third-order valence-corrected chi connectivity index (χ3v) is 6.52. The second-order valence-corrected chi connectivity index (χ2v) is 7.56. The van der Waals surface area contributed by atoms with Crippen LogP contribution in [0, 0.1) is 5.92 Å². The number of carbonyl (C=O) groups is 1. The Bertz CT molecular complexity index is 443. The zero-order chi connectivity index (χ0) is 14.0. The highest BCUT2D eigenvalue weighted by Crippen LogP contribution is 2.33. The average molecular weight is 327 g/mol. The first-order valence-electron chi connectivity index (χ1n) is 6.79. The fourth-order valence-electron chi connectivity index (χ4n) is 3.05. The van der Waals surface area contributed by atoms with Crippen LogP contribution in [0.15, 0.2) is 0 Å². The first kappa shape index (κ1) is 17.7. The molecule has 2 N–H and O–H groups in total. The Morgan fingerprint density at radius 2 is 1.90 bits per heavy atom. The number of ether oxygens (including phenoxy) is 1. The predicted octanol–water partition coefficient (Wildman–Crippen LogP) is 0.503. The summed E-state index contributed by atoms with van der Waals surface area (Å²) < 4.78 is 31.5. The third-order valence-electron chi connectivity index (χ3n) is 4.14. The average Bonchev–Trinajstić information content (AvgIpc) is 2.85. The number of halogens is 1. The van der Waals surface area contributed by atoms with E-state index in [1.165, 1.54) is 11.4 Å². The molecule has 0 amide bonds. The Kier molecular flexibility index (Phi) is 6.25. The smallest absolute Gasteiger partial charge is 0.310 e. The largest absolute Gasteiger partial charge is 0.469 e. The molecule has 2 fully saturated rings. The van der Waals surface area contributed by atoms with Crippen LogP contribution in [0.25, 0.3) is 0 Å². The van der Waals surface area contributed by atoms with Gasteiger partial charge in [0.25, 0.3) is 0 Å². The standard InChI is InChI=1S/C12H22N2O4S.ClH/c1-18-12(15)10-4-2-3-5-11(10)19(16,17)14-7-6-9(13)8-14;/h9-11H,2-8,13H2,1H3;1H/t9-,10?,11?;/m0./s1. The Morgan fingerprint density at radius 3 is 2.45 bits per heavy atom. The van der Waals surface area contributed by atoms with Gasteiger partial charge in [0.05, 0.1) is 18.3 Å². The lowest BCUT2D eigenvalue weighted by Gasteiger charge is -2.32. The lowest BCUT2D eigenvalue weighted by Crippen LogP contribution is -2.46. The molecular weight excluding hydrogens is 304 g/mol. The number of methoxy groups -OCH3 is 1. The van der Waals surface area contributed by atoms with Crippen molar-refractivity contribution in [3.8, 4) is 0 Å². The van der Waals surface area contributed by atoms with Crippen molar-refractivity contribution in [1.29, 1.82) is 0 Å². The van der Waals surface area contributed by atoms with E-state index < -0.39 is 27.2 Å². The molecule has 1 saturated carbocycles. The fraction of sp³-hybridized carbons (Fsp3) is 0.917. The number of carbonyl (C=O) groups excluding carboxylic acids is 1. The van der Waals surface area contributed by atoms with Gasteiger partial charge in [-0.2, -0.15) is 0 Å². The van der Waals surface area contributed by atoms with Crippen LogP contribution in [0.3, 0.4) is 0 Å². The van der Waals surface area contributed by atoms with Gasteiger partial charge in [-0.1, -0.05) is 12.8 Å². The predicted molar refractivity (Wildman–Crippen MR) is 78.1 cm³/mol. The zero-order valence-corrected chi connectivity index (χ0v) is 13.3. The summed E-state index contributed by atoms with van der Waals surface area (Å²) in [5.74, 6) is -0.933. The number of sulfonamides is 1. The molecule has 2 unspecified atom stereocenters. The van der Waals surface area contributed by atoms with Gasteiger partial charge in [-0.3, -0.25) is 4.79 Å². The second kappa shape index (κ2) is 7.06. The van der Waals surface area contributed by atoms with Crippen LogP contribution >= 0.6 is 12.4 Å². The van der Waals surface area contributed by atoms with Crippen molar-refractivity contribution in [1.82, 2.24) is 4.31 Å². The van der Waals surface area contributed by atoms with Crippen LogP contribution in [0.5, 0.6) is 0 Å². The van der Waals surface area contributed by atoms with Crippen molar-refractivity contribution in [3.05, 3.63) is 0 Å². The van der Waals surface area contributed by atoms with Crippen LogP contribution in [0.2, 0.25) is 0 Å². The molecule has 2 rings (SSSR count). The molecule has 6 nitrogen and oxygen atoms in total. The van der Waals surface area contributed by atoms with Gasteiger partial charge in [-0.15, -0.1) is 12.4 Å². The second-order valence-electron chi connectivity index (χ2n) is 5.40. The third kappa shape index (κ3) is 3.44. The van der Waals surface area contributed by atoms with E-state index in [0.717, 1.165) is 12.8 Å². The summed E-state index contributed by atoms with van der Waals surface area (Å²) in [7, 11) is -2.13. The summed E-state index contributed by atoms with van der Waals surface area (Å²) in [6.07, 6.45) is 3.54. The van der Waals surface area contributed by atoms with E-state index >= 15 is 0 Å². The first-order valence-corrected chi connectivity index (χ1v) is 8.29. The molecule has 20 heavy (non-hydrogen) atoms. The summed E-state index contributed by atoms with van der Waals surface area (Å²) in [4.78, 5) is 11.8. The lowest BCUT2D eigenvalue weighted by molar-refractivity contribution is -0.146. The summed E-state index contributed by atoms with van der Waals surface area (Å²) in [5, 5.41) is -0.640. The van der Waals surface area contributed by atoms with Crippen molar-refractivity contribution in [2.24, 2.45) is 11.7 Å². The van der Waals surface area contributed by atoms with E-state index in [4.69, 9.17) is 10.5 Å². The van der Waals surface area contributed by atoms with Crippen LogP contribution in [-0.2, 0) is 19.6 Å². The topological polar surface area (TPSA) is 89.7 Å². The molecular formula is C12H23ClN2O4S. The van der Waals surface area contributed by atoms with Gasteiger partial charge in [0, 0.05) is 19.1 Å². The molecule has 0 spiro atoms. The van der Waals surface area contributed by atoms with Crippen molar-refractivity contribution < 1.29 is 17.9 Å². The van der Waals surface area contributed by atoms with E-state index in [9.17, 15) is 13.2 Å². The SMILES string of the molecule is COC(=O)C1CCCCC1S(=O)(=O)N1CC[C@H](N)C1.Cl. The molecule has 3 atom stereocenters. The van der Waals surface area contributed by atoms with E-state index in [1.54, 1.807) is 0 Å². The Hall–Kier alpha value is -0.370. The van der Waals surface area contributed by atoms with Crippen LogP contribution in [0.4, 0.5) is 0 Å². The maximum absolute atomic E-state index is 12.6. The maximum Gasteiger partial charge on any atom is 0.310 e. The Labute approximate surface area is 126 Å². The van der Waals surface area contributed by atoms with Crippen LogP contribution in [-0.4, -0.2) is 50.2 Å². The lowest BCUT2D eigenvalue weighted by atomic mass is 9.89. The summed E-state index contributed by atoms with van der Waals surface area (Å²) >= 11 is 0. The normalized spacial score (nSPS) is 31.6. The van der Waals surface area contributed by atoms with Crippen molar-refractivity contribution >= 4 is 28.4 Å². The number of nitrogens with two attached hydrogens (primary N) is 1. The summed E-state index contributed by atoms with van der Waals surface area (Å²) in [6.45, 7) is 0.834. The minimum Gasteiger partial charge on any atom is -0.469 e. The number of hydrogen-bond acceptors (Lipinski definition) is 5. The highest BCUT2D eigenvalue weighted by Gasteiger charge is 2.44. The van der Waals surface area contributed by atoms with Gasteiger partial charge < -0.3 is 10.5 Å². The fourth-order valence-corrected chi connectivity index (χ4v) is 5.32. The summed E-state index contributed by atoms with van der Waals surface area (Å²) in [6, 6.07) is -0.0880. The molecule has 0 aromatic carbocycles. The molecule has 0 aromatic heterocycles. The number of rotatable bonds is 3. The first-order chi connectivity index (χ1) is 8.96. The van der Waals surface area contributed by atoms with E-state index in [0.29, 0.717) is 32.4 Å². The molecule has 0 aromatic rings. The monoisotopic (exact) mass is 326 g/mol. The molecule has 8 heteroatoms. The zero-order valence-electron chi connectivity index (χ0n) is 11.7. The van der Waals surface area contributed by atoms with E-state index in [-0.39, 0.29) is 18.4 Å². The van der Waals surface area contributed by atoms with Gasteiger partial charge in [-0.05, 0) is 19.3 Å². The molecule has 1 saturated heterocycles. The van der Waals surface area contributed by atoms with Gasteiger partial charge in [0.1, 0.15) is 0 Å². The minimum atomic E-state index is -3.45. The van der Waals surface area contributed by atoms with Crippen molar-refractivity contribution in [2.45, 2.75) is 43.4 Å². The van der Waals surface area contributed by atoms with Crippen molar-refractivity contribution in [2.75, 3.05) is 20.2 Å². The highest BCUT2D eigenvalue weighted by molar-refractivity contribution is 7.89. The molecule has 1 aliphatic carbocycles. The Morgan fingerprint density at radius 1 is 1.25 bits per heavy atom. The molecule has 118 valence electrons. The molecule has 1 aliphatic heterocycles. The molecule has 1 heterocycles. The van der Waals surface area contributed by atoms with E-state index in [1.807, 2.05) is 0 Å². The molecule has 0 radical (unpaired) electrons. The number of hydrogen-bond donors (Lipinski definition) is 1.